The van der Waals surface area contributed by atoms with Crippen molar-refractivity contribution in [3.05, 3.63) is 89.4 Å². The molecule has 1 aliphatic heterocycles. The van der Waals surface area contributed by atoms with Gasteiger partial charge in [-0.1, -0.05) is 46.9 Å². The number of rotatable bonds is 7. The normalized spacial score (nSPS) is 14.6. The molecule has 0 atom stereocenters. The molecule has 1 aliphatic rings. The Morgan fingerprint density at radius 3 is 2.39 bits per heavy atom. The Labute approximate surface area is 247 Å². The number of benzene rings is 3. The summed E-state index contributed by atoms with van der Waals surface area (Å²) in [6, 6.07) is 12.5. The summed E-state index contributed by atoms with van der Waals surface area (Å²) in [5, 5.41) is 3.57. The maximum Gasteiger partial charge on any atom is 0.335 e. The van der Waals surface area contributed by atoms with E-state index in [1.54, 1.807) is 49.4 Å². The number of anilines is 1. The summed E-state index contributed by atoms with van der Waals surface area (Å²) >= 11 is 20.4. The summed E-state index contributed by atoms with van der Waals surface area (Å²) in [5.41, 5.74) is 1.95. The number of hydrogen-bond acceptors (Lipinski definition) is 5. The number of nitrogens with one attached hydrogen (secondary N) is 1. The van der Waals surface area contributed by atoms with Crippen molar-refractivity contribution in [2.45, 2.75) is 20.5 Å². The standard InChI is InChI=1S/C27H20Cl3IN2O5/c1-3-37-23-10-15(9-21(31)24(23)38-13-16-5-7-17(28)11-20(16)30)8-19-25(34)32-27(36)33(26(19)35)22-12-18(29)6-4-14(22)2/h4-12H,3,13H2,1-2H3,(H,32,34,36)/b19-8+. The van der Waals surface area contributed by atoms with E-state index in [1.807, 2.05) is 6.92 Å². The van der Waals surface area contributed by atoms with Crippen LogP contribution in [-0.2, 0) is 16.2 Å². The zero-order valence-electron chi connectivity index (χ0n) is 20.1. The average molecular weight is 686 g/mol. The summed E-state index contributed by atoms with van der Waals surface area (Å²) in [7, 11) is 0. The van der Waals surface area contributed by atoms with Crippen molar-refractivity contribution in [3.63, 3.8) is 0 Å². The Kier molecular flexibility index (Phi) is 8.87. The van der Waals surface area contributed by atoms with E-state index in [9.17, 15) is 14.4 Å². The Morgan fingerprint density at radius 2 is 1.68 bits per heavy atom. The molecule has 196 valence electrons. The van der Waals surface area contributed by atoms with Gasteiger partial charge in [-0.2, -0.15) is 0 Å². The highest BCUT2D eigenvalue weighted by molar-refractivity contribution is 14.1. The molecular weight excluding hydrogens is 666 g/mol. The van der Waals surface area contributed by atoms with Crippen LogP contribution in [0, 0.1) is 10.5 Å². The summed E-state index contributed by atoms with van der Waals surface area (Å²) in [4.78, 5) is 39.5. The number of imide groups is 2. The highest BCUT2D eigenvalue weighted by Gasteiger charge is 2.37. The van der Waals surface area contributed by atoms with Gasteiger partial charge in [0.25, 0.3) is 11.8 Å². The zero-order chi connectivity index (χ0) is 27.6. The smallest absolute Gasteiger partial charge is 0.335 e. The van der Waals surface area contributed by atoms with Crippen LogP contribution < -0.4 is 19.7 Å². The molecule has 3 aromatic rings. The molecule has 1 saturated heterocycles. The van der Waals surface area contributed by atoms with Crippen LogP contribution in [0.15, 0.2) is 54.1 Å². The fraction of sp³-hybridized carbons (Fsp3) is 0.148. The number of aryl methyl sites for hydroxylation is 1. The van der Waals surface area contributed by atoms with Gasteiger partial charge in [0.15, 0.2) is 11.5 Å². The Bertz CT molecular complexity index is 1490. The molecule has 38 heavy (non-hydrogen) atoms. The molecule has 7 nitrogen and oxygen atoms in total. The summed E-state index contributed by atoms with van der Waals surface area (Å²) in [5.74, 6) is -0.679. The highest BCUT2D eigenvalue weighted by atomic mass is 127. The molecule has 0 aliphatic carbocycles. The monoisotopic (exact) mass is 684 g/mol. The van der Waals surface area contributed by atoms with Gasteiger partial charge in [0.05, 0.1) is 15.9 Å². The third-order valence-electron chi connectivity index (χ3n) is 5.54. The Balaban J connectivity index is 1.68. The average Bonchev–Trinajstić information content (AvgIpc) is 2.84. The van der Waals surface area contributed by atoms with E-state index in [0.717, 1.165) is 10.5 Å². The maximum absolute atomic E-state index is 13.3. The molecule has 0 radical (unpaired) electrons. The first-order valence-electron chi connectivity index (χ1n) is 11.3. The van der Waals surface area contributed by atoms with Crippen LogP contribution in [0.1, 0.15) is 23.6 Å². The lowest BCUT2D eigenvalue weighted by Gasteiger charge is -2.27. The van der Waals surface area contributed by atoms with Crippen molar-refractivity contribution in [2.75, 3.05) is 11.5 Å². The van der Waals surface area contributed by atoms with E-state index in [4.69, 9.17) is 44.3 Å². The minimum Gasteiger partial charge on any atom is -0.490 e. The Morgan fingerprint density at radius 1 is 0.974 bits per heavy atom. The van der Waals surface area contributed by atoms with Gasteiger partial charge < -0.3 is 9.47 Å². The third kappa shape index (κ3) is 6.09. The van der Waals surface area contributed by atoms with Crippen molar-refractivity contribution >= 4 is 87.0 Å². The van der Waals surface area contributed by atoms with E-state index in [0.29, 0.717) is 47.9 Å². The second-order valence-electron chi connectivity index (χ2n) is 8.18. The molecule has 1 N–H and O–H groups in total. The van der Waals surface area contributed by atoms with Gasteiger partial charge >= 0.3 is 6.03 Å². The molecule has 0 aromatic heterocycles. The van der Waals surface area contributed by atoms with Crippen molar-refractivity contribution in [1.82, 2.24) is 5.32 Å². The van der Waals surface area contributed by atoms with E-state index in [-0.39, 0.29) is 17.9 Å². The van der Waals surface area contributed by atoms with E-state index < -0.39 is 17.8 Å². The van der Waals surface area contributed by atoms with Gasteiger partial charge in [-0.25, -0.2) is 9.69 Å². The summed E-state index contributed by atoms with van der Waals surface area (Å²) < 4.78 is 12.5. The van der Waals surface area contributed by atoms with Crippen molar-refractivity contribution < 1.29 is 23.9 Å². The number of ether oxygens (including phenoxy) is 2. The molecule has 4 rings (SSSR count). The molecule has 0 unspecified atom stereocenters. The van der Waals surface area contributed by atoms with E-state index in [2.05, 4.69) is 27.9 Å². The molecule has 1 heterocycles. The van der Waals surface area contributed by atoms with Gasteiger partial charge in [0.1, 0.15) is 12.2 Å². The lowest BCUT2D eigenvalue weighted by molar-refractivity contribution is -0.122. The number of barbiturate groups is 1. The number of carbonyl (C=O) groups excluding carboxylic acids is 3. The van der Waals surface area contributed by atoms with Crippen LogP contribution in [0.4, 0.5) is 10.5 Å². The summed E-state index contributed by atoms with van der Waals surface area (Å²) in [6.45, 7) is 4.08. The predicted molar refractivity (Wildman–Crippen MR) is 156 cm³/mol. The van der Waals surface area contributed by atoms with Gasteiger partial charge in [-0.05, 0) is 90.0 Å². The number of urea groups is 1. The minimum atomic E-state index is -0.850. The van der Waals surface area contributed by atoms with E-state index >= 15 is 0 Å². The highest BCUT2D eigenvalue weighted by Crippen LogP contribution is 2.37. The van der Waals surface area contributed by atoms with Crippen LogP contribution in [0.25, 0.3) is 6.08 Å². The fourth-order valence-electron chi connectivity index (χ4n) is 3.73. The molecule has 0 saturated carbocycles. The van der Waals surface area contributed by atoms with E-state index in [1.165, 1.54) is 12.1 Å². The molecule has 3 aromatic carbocycles. The van der Waals surface area contributed by atoms with Gasteiger partial charge in [0.2, 0.25) is 0 Å². The maximum atomic E-state index is 13.3. The molecule has 11 heteroatoms. The van der Waals surface area contributed by atoms with Gasteiger partial charge in [0, 0.05) is 20.6 Å². The second kappa shape index (κ2) is 11.9. The summed E-state index contributed by atoms with van der Waals surface area (Å²) in [6.07, 6.45) is 1.40. The second-order valence-corrected chi connectivity index (χ2v) is 10.6. The number of carbonyl (C=O) groups is 3. The molecule has 1 fully saturated rings. The van der Waals surface area contributed by atoms with Crippen molar-refractivity contribution in [1.29, 1.82) is 0 Å². The lowest BCUT2D eigenvalue weighted by atomic mass is 10.1. The molecule has 4 amide bonds. The zero-order valence-corrected chi connectivity index (χ0v) is 24.5. The van der Waals surface area contributed by atoms with Crippen molar-refractivity contribution in [3.8, 4) is 11.5 Å². The largest absolute Gasteiger partial charge is 0.490 e. The molecular formula is C27H20Cl3IN2O5. The predicted octanol–water partition coefficient (Wildman–Crippen LogP) is 7.20. The number of halogens is 4. The molecule has 0 spiro atoms. The van der Waals surface area contributed by atoms with Crippen LogP contribution in [-0.4, -0.2) is 24.5 Å². The fourth-order valence-corrected chi connectivity index (χ4v) is 5.14. The lowest BCUT2D eigenvalue weighted by Crippen LogP contribution is -2.54. The number of amides is 4. The number of hydrogen-bond donors (Lipinski definition) is 1. The van der Waals surface area contributed by atoms with Crippen LogP contribution in [0.3, 0.4) is 0 Å². The number of nitrogens with zero attached hydrogens (tertiary/aromatic N) is 1. The van der Waals surface area contributed by atoms with Crippen LogP contribution in [0.2, 0.25) is 15.1 Å². The third-order valence-corrected chi connectivity index (χ3v) is 7.17. The first-order valence-corrected chi connectivity index (χ1v) is 13.5. The van der Waals surface area contributed by atoms with Crippen LogP contribution >= 0.6 is 57.4 Å². The topological polar surface area (TPSA) is 84.9 Å². The molecule has 0 bridgehead atoms. The first-order chi connectivity index (χ1) is 18.1. The SMILES string of the molecule is CCOc1cc(/C=C2\C(=O)NC(=O)N(c3cc(Cl)ccc3C)C2=O)cc(I)c1OCc1ccc(Cl)cc1Cl. The minimum absolute atomic E-state index is 0.170. The quantitative estimate of drug-likeness (QED) is 0.162. The van der Waals surface area contributed by atoms with Crippen LogP contribution in [0.5, 0.6) is 11.5 Å². The van der Waals surface area contributed by atoms with Crippen molar-refractivity contribution in [2.24, 2.45) is 0 Å². The first kappa shape index (κ1) is 28.2. The Hall–Kier alpha value is -2.79. The van der Waals surface area contributed by atoms with Gasteiger partial charge in [-0.15, -0.1) is 0 Å². The van der Waals surface area contributed by atoms with Gasteiger partial charge in [-0.3, -0.25) is 14.9 Å².